The summed E-state index contributed by atoms with van der Waals surface area (Å²) < 4.78 is 97.8. The zero-order valence-electron chi connectivity index (χ0n) is 10.4. The summed E-state index contributed by atoms with van der Waals surface area (Å²) in [6.07, 6.45) is -12.6. The Bertz CT molecular complexity index is 568. The second kappa shape index (κ2) is 5.65. The first kappa shape index (κ1) is 18.1. The minimum Gasteiger partial charge on any atom is -0.294 e. The largest absolute Gasteiger partial charge is 0.461 e. The lowest BCUT2D eigenvalue weighted by molar-refractivity contribution is -0.268. The first-order valence-corrected chi connectivity index (χ1v) is 5.45. The van der Waals surface area contributed by atoms with Gasteiger partial charge in [0.05, 0.1) is 12.0 Å². The molecule has 2 nitrogen and oxygen atoms in total. The van der Waals surface area contributed by atoms with Gasteiger partial charge in [0.1, 0.15) is 0 Å². The smallest absolute Gasteiger partial charge is 0.294 e. The van der Waals surface area contributed by atoms with Crippen molar-refractivity contribution in [2.75, 3.05) is 0 Å². The quantitative estimate of drug-likeness (QED) is 0.473. The van der Waals surface area contributed by atoms with E-state index in [1.165, 1.54) is 0 Å². The van der Waals surface area contributed by atoms with Crippen LogP contribution in [0.1, 0.15) is 22.3 Å². The third-order valence-corrected chi connectivity index (χ3v) is 2.56. The Kier molecular flexibility index (Phi) is 4.64. The number of Topliss-reactive ketones (excluding diaryl/α,β-unsaturated/α-hetero) is 2. The molecule has 0 amide bonds. The van der Waals surface area contributed by atoms with Crippen LogP contribution in [-0.2, 0) is 11.0 Å². The molecule has 0 unspecified atom stereocenters. The van der Waals surface area contributed by atoms with Crippen LogP contribution >= 0.6 is 0 Å². The summed E-state index contributed by atoms with van der Waals surface area (Å²) in [6.45, 7) is 0. The van der Waals surface area contributed by atoms with Crippen molar-refractivity contribution in [3.05, 3.63) is 35.4 Å². The van der Waals surface area contributed by atoms with Gasteiger partial charge in [-0.3, -0.25) is 9.59 Å². The van der Waals surface area contributed by atoms with Crippen LogP contribution < -0.4 is 0 Å². The van der Waals surface area contributed by atoms with Crippen molar-refractivity contribution in [2.45, 2.75) is 24.7 Å². The van der Waals surface area contributed by atoms with Crippen molar-refractivity contribution >= 4 is 11.6 Å². The lowest BCUT2D eigenvalue weighted by atomic mass is 10.0. The highest BCUT2D eigenvalue weighted by Crippen LogP contribution is 2.37. The summed E-state index contributed by atoms with van der Waals surface area (Å²) in [4.78, 5) is 22.2. The van der Waals surface area contributed by atoms with Gasteiger partial charge in [-0.05, 0) is 12.1 Å². The highest BCUT2D eigenvalue weighted by Gasteiger charge is 2.62. The summed E-state index contributed by atoms with van der Waals surface area (Å²) in [6, 6.07) is 2.06. The van der Waals surface area contributed by atoms with Crippen LogP contribution in [0.25, 0.3) is 0 Å². The van der Waals surface area contributed by atoms with Gasteiger partial charge in [-0.25, -0.2) is 0 Å². The number of hydrogen-bond donors (Lipinski definition) is 0. The highest BCUT2D eigenvalue weighted by atomic mass is 19.4. The summed E-state index contributed by atoms with van der Waals surface area (Å²) in [5.41, 5.74) is -1.73. The predicted molar refractivity (Wildman–Crippen MR) is 56.4 cm³/mol. The molecule has 0 saturated carbocycles. The Morgan fingerprint density at radius 3 is 1.64 bits per heavy atom. The predicted octanol–water partition coefficient (Wildman–Crippen LogP) is 4.04. The van der Waals surface area contributed by atoms with Crippen molar-refractivity contribution in [3.63, 3.8) is 0 Å². The molecule has 0 spiro atoms. The molecule has 1 aromatic rings. The first-order valence-electron chi connectivity index (χ1n) is 5.45. The molecule has 0 aliphatic rings. The van der Waals surface area contributed by atoms with E-state index >= 15 is 0 Å². The molecule has 0 fully saturated rings. The first-order chi connectivity index (χ1) is 9.76. The number of rotatable bonds is 4. The summed E-state index contributed by atoms with van der Waals surface area (Å²) in [5, 5.41) is 0. The van der Waals surface area contributed by atoms with Crippen LogP contribution in [0.4, 0.5) is 35.1 Å². The maximum atomic E-state index is 12.6. The molecule has 10 heteroatoms. The Morgan fingerprint density at radius 1 is 0.818 bits per heavy atom. The van der Waals surface area contributed by atoms with Gasteiger partial charge in [0.15, 0.2) is 5.78 Å². The average Bonchev–Trinajstić information content (AvgIpc) is 2.36. The van der Waals surface area contributed by atoms with Gasteiger partial charge in [0, 0.05) is 5.56 Å². The number of carbonyl (C=O) groups is 2. The third-order valence-electron chi connectivity index (χ3n) is 2.56. The van der Waals surface area contributed by atoms with Crippen LogP contribution in [0, 0.1) is 0 Å². The van der Waals surface area contributed by atoms with E-state index in [4.69, 9.17) is 0 Å². The monoisotopic (exact) mass is 334 g/mol. The minimum absolute atomic E-state index is 0.444. The number of carbonyl (C=O) groups excluding carboxylic acids is 2. The average molecular weight is 334 g/mol. The molecule has 0 atom stereocenters. The van der Waals surface area contributed by atoms with Crippen LogP contribution in [0.5, 0.6) is 0 Å². The van der Waals surface area contributed by atoms with E-state index in [-0.39, 0.29) is 0 Å². The Hall–Kier alpha value is -2.00. The Balaban J connectivity index is 2.88. The number of benzene rings is 1. The molecule has 0 aliphatic heterocycles. The topological polar surface area (TPSA) is 34.1 Å². The number of hydrogen-bond acceptors (Lipinski definition) is 2. The molecule has 0 aromatic heterocycles. The Morgan fingerprint density at radius 2 is 1.27 bits per heavy atom. The van der Waals surface area contributed by atoms with Crippen LogP contribution in [0.3, 0.4) is 0 Å². The lowest BCUT2D eigenvalue weighted by Crippen LogP contribution is -2.44. The fraction of sp³-hybridized carbons (Fsp3) is 0.333. The third kappa shape index (κ3) is 3.80. The van der Waals surface area contributed by atoms with Gasteiger partial charge >= 0.3 is 18.3 Å². The fourth-order valence-corrected chi connectivity index (χ4v) is 1.36. The van der Waals surface area contributed by atoms with E-state index < -0.39 is 47.4 Å². The van der Waals surface area contributed by atoms with Gasteiger partial charge < -0.3 is 0 Å². The molecule has 0 bridgehead atoms. The number of halogens is 8. The molecule has 0 aliphatic carbocycles. The summed E-state index contributed by atoms with van der Waals surface area (Å²) >= 11 is 0. The zero-order chi connectivity index (χ0) is 17.3. The molecule has 22 heavy (non-hydrogen) atoms. The van der Waals surface area contributed by atoms with Gasteiger partial charge in [-0.2, -0.15) is 35.1 Å². The number of alkyl halides is 8. The molecule has 0 heterocycles. The van der Waals surface area contributed by atoms with Crippen LogP contribution in [0.2, 0.25) is 0 Å². The van der Waals surface area contributed by atoms with E-state index in [1.807, 2.05) is 0 Å². The van der Waals surface area contributed by atoms with E-state index in [9.17, 15) is 44.7 Å². The molecule has 0 radical (unpaired) electrons. The van der Waals surface area contributed by atoms with Gasteiger partial charge in [-0.15, -0.1) is 0 Å². The molecular weight excluding hydrogens is 328 g/mol. The minimum atomic E-state index is -6.15. The second-order valence-corrected chi connectivity index (χ2v) is 4.17. The maximum Gasteiger partial charge on any atom is 0.461 e. The Labute approximate surface area is 117 Å². The van der Waals surface area contributed by atoms with E-state index in [1.54, 1.807) is 0 Å². The van der Waals surface area contributed by atoms with Crippen LogP contribution in [-0.4, -0.2) is 23.7 Å². The van der Waals surface area contributed by atoms with Crippen molar-refractivity contribution in [1.82, 2.24) is 0 Å². The number of ketones is 2. The highest BCUT2D eigenvalue weighted by molar-refractivity contribution is 6.10. The SMILES string of the molecule is O=C(CC(=O)C(F)(F)C(F)(F)F)c1ccc(C(F)(F)F)cc1. The maximum absolute atomic E-state index is 12.6. The normalized spacial score (nSPS) is 13.1. The standard InChI is InChI=1S/C12H6F8O2/c13-10(14,12(18,19)20)9(22)5-8(21)6-1-3-7(4-2-6)11(15,16)17/h1-4H,5H2. The van der Waals surface area contributed by atoms with Crippen molar-refractivity contribution in [2.24, 2.45) is 0 Å². The zero-order valence-corrected chi connectivity index (χ0v) is 10.4. The second-order valence-electron chi connectivity index (χ2n) is 4.17. The van der Waals surface area contributed by atoms with Crippen molar-refractivity contribution in [3.8, 4) is 0 Å². The van der Waals surface area contributed by atoms with E-state index in [2.05, 4.69) is 0 Å². The van der Waals surface area contributed by atoms with Crippen molar-refractivity contribution in [1.29, 1.82) is 0 Å². The fourth-order valence-electron chi connectivity index (χ4n) is 1.36. The summed E-state index contributed by atoms with van der Waals surface area (Å²) in [7, 11) is 0. The van der Waals surface area contributed by atoms with E-state index in [0.29, 0.717) is 24.3 Å². The molecule has 0 N–H and O–H groups in total. The molecule has 1 rings (SSSR count). The van der Waals surface area contributed by atoms with Gasteiger partial charge in [0.25, 0.3) is 0 Å². The van der Waals surface area contributed by atoms with E-state index in [0.717, 1.165) is 0 Å². The van der Waals surface area contributed by atoms with Gasteiger partial charge in [-0.1, -0.05) is 12.1 Å². The molecule has 122 valence electrons. The summed E-state index contributed by atoms with van der Waals surface area (Å²) in [5.74, 6) is -9.82. The molecule has 0 saturated heterocycles. The van der Waals surface area contributed by atoms with Gasteiger partial charge in [0.2, 0.25) is 5.78 Å². The lowest BCUT2D eigenvalue weighted by Gasteiger charge is -2.17. The van der Waals surface area contributed by atoms with Crippen LogP contribution in [0.15, 0.2) is 24.3 Å². The van der Waals surface area contributed by atoms with Crippen molar-refractivity contribution < 1.29 is 44.7 Å². The molecule has 1 aromatic carbocycles. The molecular formula is C12H6F8O2.